The van der Waals surface area contributed by atoms with E-state index in [4.69, 9.17) is 9.47 Å². The Bertz CT molecular complexity index is 1030. The van der Waals surface area contributed by atoms with E-state index in [1.165, 1.54) is 37.1 Å². The van der Waals surface area contributed by atoms with E-state index in [0.29, 0.717) is 6.61 Å². The van der Waals surface area contributed by atoms with Gasteiger partial charge >= 0.3 is 0 Å². The summed E-state index contributed by atoms with van der Waals surface area (Å²) in [4.78, 5) is 5.77. The van der Waals surface area contributed by atoms with Crippen molar-refractivity contribution in [3.63, 3.8) is 0 Å². The van der Waals surface area contributed by atoms with E-state index in [9.17, 15) is 0 Å². The van der Waals surface area contributed by atoms with Gasteiger partial charge in [0.15, 0.2) is 0 Å². The first-order valence-electron chi connectivity index (χ1n) is 10.1. The van der Waals surface area contributed by atoms with Gasteiger partial charge < -0.3 is 19.7 Å². The first-order valence-corrected chi connectivity index (χ1v) is 10.1. The third kappa shape index (κ3) is 5.05. The molecular formula is C24H27N3O2+2. The Morgan fingerprint density at radius 1 is 1.07 bits per heavy atom. The minimum atomic E-state index is 0.334. The van der Waals surface area contributed by atoms with E-state index in [1.54, 1.807) is 18.2 Å². The fourth-order valence-corrected chi connectivity index (χ4v) is 3.71. The summed E-state index contributed by atoms with van der Waals surface area (Å²) in [5.41, 5.74) is 2.19. The van der Waals surface area contributed by atoms with Crippen LogP contribution < -0.4 is 19.7 Å². The van der Waals surface area contributed by atoms with Crippen molar-refractivity contribution in [2.24, 2.45) is 0 Å². The number of nitrogens with one attached hydrogen (secondary N) is 1. The molecule has 1 fully saturated rings. The highest BCUT2D eigenvalue weighted by Gasteiger charge is 2.18. The minimum absolute atomic E-state index is 0.334. The zero-order chi connectivity index (χ0) is 19.9. The maximum absolute atomic E-state index is 5.82. The molecule has 2 heterocycles. The van der Waals surface area contributed by atoms with Crippen molar-refractivity contribution in [3.05, 3.63) is 66.0 Å². The van der Waals surface area contributed by atoms with Crippen molar-refractivity contribution in [1.29, 1.82) is 0 Å². The van der Waals surface area contributed by atoms with Crippen LogP contribution in [0.25, 0.3) is 10.8 Å². The van der Waals surface area contributed by atoms with E-state index in [1.807, 2.05) is 36.5 Å². The van der Waals surface area contributed by atoms with Crippen LogP contribution in [0.3, 0.4) is 0 Å². The van der Waals surface area contributed by atoms with Crippen molar-refractivity contribution in [2.45, 2.75) is 6.54 Å². The molecule has 148 valence electrons. The molecule has 4 rings (SSSR count). The van der Waals surface area contributed by atoms with Crippen LogP contribution >= 0.6 is 0 Å². The summed E-state index contributed by atoms with van der Waals surface area (Å²) in [7, 11) is 1.72. The molecular weight excluding hydrogens is 362 g/mol. The molecule has 3 N–H and O–H groups in total. The van der Waals surface area contributed by atoms with Crippen LogP contribution in [0.15, 0.2) is 54.9 Å². The number of aromatic nitrogens is 1. The van der Waals surface area contributed by atoms with Gasteiger partial charge in [0.2, 0.25) is 0 Å². The largest absolute Gasteiger partial charge is 0.496 e. The molecule has 0 aliphatic carbocycles. The zero-order valence-electron chi connectivity index (χ0n) is 16.8. The zero-order valence-corrected chi connectivity index (χ0v) is 16.8. The number of nitrogens with zero attached hydrogens (tertiary/aromatic N) is 1. The Hall–Kier alpha value is -3.07. The van der Waals surface area contributed by atoms with Gasteiger partial charge in [0.1, 0.15) is 50.8 Å². The second-order valence-electron chi connectivity index (χ2n) is 7.29. The maximum atomic E-state index is 5.82. The fourth-order valence-electron chi connectivity index (χ4n) is 3.71. The Morgan fingerprint density at radius 2 is 1.97 bits per heavy atom. The van der Waals surface area contributed by atoms with Crippen LogP contribution in [0.4, 0.5) is 0 Å². The van der Waals surface area contributed by atoms with E-state index >= 15 is 0 Å². The van der Waals surface area contributed by atoms with Crippen LogP contribution in [-0.2, 0) is 6.54 Å². The number of benzene rings is 2. The van der Waals surface area contributed by atoms with E-state index in [-0.39, 0.29) is 0 Å². The summed E-state index contributed by atoms with van der Waals surface area (Å²) in [6, 6.07) is 14.2. The van der Waals surface area contributed by atoms with Gasteiger partial charge in [-0.05, 0) is 35.7 Å². The van der Waals surface area contributed by atoms with Gasteiger partial charge in [0.05, 0.1) is 7.11 Å². The number of quaternary nitrogens is 2. The molecule has 3 aromatic rings. The van der Waals surface area contributed by atoms with Crippen LogP contribution in [0.5, 0.6) is 11.5 Å². The molecule has 29 heavy (non-hydrogen) atoms. The first kappa shape index (κ1) is 19.3. The van der Waals surface area contributed by atoms with Gasteiger partial charge in [-0.1, -0.05) is 17.9 Å². The lowest BCUT2D eigenvalue weighted by Gasteiger charge is -2.23. The van der Waals surface area contributed by atoms with E-state index < -0.39 is 0 Å². The molecule has 0 amide bonds. The van der Waals surface area contributed by atoms with Crippen LogP contribution in [0, 0.1) is 11.8 Å². The highest BCUT2D eigenvalue weighted by Crippen LogP contribution is 2.24. The van der Waals surface area contributed by atoms with Gasteiger partial charge in [-0.15, -0.1) is 0 Å². The van der Waals surface area contributed by atoms with E-state index in [2.05, 4.69) is 34.3 Å². The highest BCUT2D eigenvalue weighted by molar-refractivity contribution is 5.82. The molecule has 0 radical (unpaired) electrons. The van der Waals surface area contributed by atoms with Crippen molar-refractivity contribution >= 4 is 10.8 Å². The average molecular weight is 389 g/mol. The number of rotatable bonds is 5. The topological polar surface area (TPSA) is 52.4 Å². The number of ether oxygens (including phenoxy) is 2. The smallest absolute Gasteiger partial charge is 0.149 e. The predicted molar refractivity (Wildman–Crippen MR) is 113 cm³/mol. The summed E-state index contributed by atoms with van der Waals surface area (Å²) in [5.74, 6) is 7.92. The first-order chi connectivity index (χ1) is 14.3. The highest BCUT2D eigenvalue weighted by atomic mass is 16.5. The third-order valence-corrected chi connectivity index (χ3v) is 5.29. The molecule has 1 saturated heterocycles. The molecule has 0 unspecified atom stereocenters. The standard InChI is InChI=1S/C24H25N3O2/c1-28-24-16-23(7-6-21(24)18-27-12-10-25-11-13-27)29-14-2-3-19-4-5-20-8-9-26-17-22(20)15-19/h4-9,15-17,25H,10-14,18H2,1H3/p+2. The van der Waals surface area contributed by atoms with Crippen molar-refractivity contribution in [3.8, 4) is 23.3 Å². The summed E-state index contributed by atoms with van der Waals surface area (Å²) in [5, 5.41) is 4.64. The number of methoxy groups -OCH3 is 1. The maximum Gasteiger partial charge on any atom is 0.149 e. The number of nitrogens with two attached hydrogens (primary N) is 1. The second kappa shape index (κ2) is 9.42. The summed E-state index contributed by atoms with van der Waals surface area (Å²) in [6.45, 7) is 6.12. The Balaban J connectivity index is 1.37. The predicted octanol–water partition coefficient (Wildman–Crippen LogP) is 0.636. The van der Waals surface area contributed by atoms with Gasteiger partial charge in [0, 0.05) is 35.0 Å². The molecule has 0 atom stereocenters. The van der Waals surface area contributed by atoms with Gasteiger partial charge in [-0.2, -0.15) is 0 Å². The average Bonchev–Trinajstić information content (AvgIpc) is 2.78. The Labute approximate surface area is 171 Å². The molecule has 1 aliphatic heterocycles. The lowest BCUT2D eigenvalue weighted by molar-refractivity contribution is -0.958. The summed E-state index contributed by atoms with van der Waals surface area (Å²) < 4.78 is 11.4. The van der Waals surface area contributed by atoms with Crippen molar-refractivity contribution in [1.82, 2.24) is 4.98 Å². The Kier molecular flexibility index (Phi) is 6.25. The van der Waals surface area contributed by atoms with Crippen LogP contribution in [0.2, 0.25) is 0 Å². The molecule has 5 heteroatoms. The normalized spacial score (nSPS) is 14.2. The van der Waals surface area contributed by atoms with Crippen LogP contribution in [-0.4, -0.2) is 44.9 Å². The molecule has 1 aromatic heterocycles. The number of pyridine rings is 1. The summed E-state index contributed by atoms with van der Waals surface area (Å²) >= 11 is 0. The molecule has 0 saturated carbocycles. The van der Waals surface area contributed by atoms with Crippen LogP contribution in [0.1, 0.15) is 11.1 Å². The minimum Gasteiger partial charge on any atom is -0.496 e. The molecule has 0 bridgehead atoms. The second-order valence-corrected chi connectivity index (χ2v) is 7.29. The van der Waals surface area contributed by atoms with Gasteiger partial charge in [0.25, 0.3) is 0 Å². The Morgan fingerprint density at radius 3 is 2.83 bits per heavy atom. The number of fused-ring (bicyclic) bond motifs is 1. The summed E-state index contributed by atoms with van der Waals surface area (Å²) in [6.07, 6.45) is 3.65. The number of hydrogen-bond acceptors (Lipinski definition) is 3. The SMILES string of the molecule is COc1cc(OCC#Cc2ccc3ccncc3c2)ccc1C[NH+]1CC[NH2+]CC1. The quantitative estimate of drug-likeness (QED) is 0.630. The lowest BCUT2D eigenvalue weighted by atomic mass is 10.1. The third-order valence-electron chi connectivity index (χ3n) is 5.29. The monoisotopic (exact) mass is 389 g/mol. The fraction of sp³-hybridized carbons (Fsp3) is 0.292. The van der Waals surface area contributed by atoms with Gasteiger partial charge in [-0.3, -0.25) is 4.98 Å². The molecule has 0 spiro atoms. The number of hydrogen-bond donors (Lipinski definition) is 2. The molecule has 2 aromatic carbocycles. The van der Waals surface area contributed by atoms with Crippen molar-refractivity contribution in [2.75, 3.05) is 39.9 Å². The van der Waals surface area contributed by atoms with E-state index in [0.717, 1.165) is 29.0 Å². The van der Waals surface area contributed by atoms with Crippen molar-refractivity contribution < 1.29 is 19.7 Å². The molecule has 5 nitrogen and oxygen atoms in total. The molecule has 1 aliphatic rings. The number of piperazine rings is 1. The van der Waals surface area contributed by atoms with Gasteiger partial charge in [-0.25, -0.2) is 0 Å². The lowest BCUT2D eigenvalue weighted by Crippen LogP contribution is -3.19.